The first kappa shape index (κ1) is 24.6. The third-order valence-electron chi connectivity index (χ3n) is 6.75. The first-order chi connectivity index (χ1) is 17.3. The monoisotopic (exact) mass is 524 g/mol. The molecule has 3 aromatic carbocycles. The van der Waals surface area contributed by atoms with E-state index in [1.165, 1.54) is 22.0 Å². The average molecular weight is 525 g/mol. The SMILES string of the molecule is COc1ccc(Cn2c(C)c(C3=CCN(S(=O)(=O)c4ccc(F)c(Cl)c4)CC3)c3ccccc32)cc1. The van der Waals surface area contributed by atoms with Crippen molar-refractivity contribution in [1.29, 1.82) is 0 Å². The van der Waals surface area contributed by atoms with Crippen LogP contribution in [0.1, 0.15) is 23.2 Å². The summed E-state index contributed by atoms with van der Waals surface area (Å²) in [5.74, 6) is 0.182. The van der Waals surface area contributed by atoms with Crippen molar-refractivity contribution in [3.05, 3.63) is 100 Å². The first-order valence-electron chi connectivity index (χ1n) is 11.6. The van der Waals surface area contributed by atoms with Crippen LogP contribution in [0, 0.1) is 12.7 Å². The van der Waals surface area contributed by atoms with Gasteiger partial charge in [-0.05, 0) is 60.9 Å². The lowest BCUT2D eigenvalue weighted by Gasteiger charge is -2.26. The van der Waals surface area contributed by atoms with Gasteiger partial charge in [-0.25, -0.2) is 12.8 Å². The van der Waals surface area contributed by atoms with Gasteiger partial charge in [0.2, 0.25) is 10.0 Å². The minimum Gasteiger partial charge on any atom is -0.497 e. The third kappa shape index (κ3) is 4.43. The topological polar surface area (TPSA) is 51.5 Å². The highest BCUT2D eigenvalue weighted by Gasteiger charge is 2.28. The lowest BCUT2D eigenvalue weighted by atomic mass is 9.97. The van der Waals surface area contributed by atoms with Crippen LogP contribution in [0.5, 0.6) is 5.75 Å². The molecule has 0 spiro atoms. The summed E-state index contributed by atoms with van der Waals surface area (Å²) in [6, 6.07) is 19.9. The van der Waals surface area contributed by atoms with Gasteiger partial charge in [0.15, 0.2) is 0 Å². The van der Waals surface area contributed by atoms with Crippen LogP contribution in [-0.4, -0.2) is 37.5 Å². The zero-order valence-electron chi connectivity index (χ0n) is 20.0. The van der Waals surface area contributed by atoms with Gasteiger partial charge in [-0.3, -0.25) is 0 Å². The van der Waals surface area contributed by atoms with Crippen LogP contribution in [0.3, 0.4) is 0 Å². The molecule has 1 aliphatic heterocycles. The van der Waals surface area contributed by atoms with E-state index in [9.17, 15) is 12.8 Å². The maximum Gasteiger partial charge on any atom is 0.243 e. The van der Waals surface area contributed by atoms with Gasteiger partial charge < -0.3 is 9.30 Å². The molecule has 0 fully saturated rings. The van der Waals surface area contributed by atoms with Gasteiger partial charge in [-0.15, -0.1) is 0 Å². The number of hydrogen-bond acceptors (Lipinski definition) is 3. The van der Waals surface area contributed by atoms with Gasteiger partial charge in [0.25, 0.3) is 0 Å². The van der Waals surface area contributed by atoms with Crippen molar-refractivity contribution >= 4 is 38.1 Å². The summed E-state index contributed by atoms with van der Waals surface area (Å²) in [7, 11) is -2.12. The number of hydrogen-bond donors (Lipinski definition) is 0. The molecule has 0 aliphatic carbocycles. The Morgan fingerprint density at radius 3 is 2.47 bits per heavy atom. The van der Waals surface area contributed by atoms with Crippen molar-refractivity contribution in [3.63, 3.8) is 0 Å². The fourth-order valence-corrected chi connectivity index (χ4v) is 6.49. The van der Waals surface area contributed by atoms with Gasteiger partial charge in [0, 0.05) is 41.8 Å². The molecule has 5 rings (SSSR count). The van der Waals surface area contributed by atoms with Gasteiger partial charge in [-0.2, -0.15) is 4.31 Å². The van der Waals surface area contributed by atoms with Crippen molar-refractivity contribution in [2.45, 2.75) is 24.8 Å². The molecular formula is C28H26ClFN2O3S. The summed E-state index contributed by atoms with van der Waals surface area (Å²) in [5, 5.41) is 0.945. The molecule has 36 heavy (non-hydrogen) atoms. The van der Waals surface area contributed by atoms with Gasteiger partial charge in [0.1, 0.15) is 11.6 Å². The van der Waals surface area contributed by atoms with Crippen LogP contribution in [0.4, 0.5) is 4.39 Å². The maximum absolute atomic E-state index is 13.5. The number of rotatable bonds is 6. The number of halogens is 2. The number of para-hydroxylation sites is 1. The molecule has 2 heterocycles. The molecule has 1 aliphatic rings. The second kappa shape index (κ2) is 9.73. The van der Waals surface area contributed by atoms with Crippen molar-refractivity contribution < 1.29 is 17.5 Å². The van der Waals surface area contributed by atoms with Crippen molar-refractivity contribution in [3.8, 4) is 5.75 Å². The number of nitrogens with zero attached hydrogens (tertiary/aromatic N) is 2. The standard InChI is InChI=1S/C28H26ClFN2O3S/c1-19-28(21-13-15-31(16-14-21)36(33,34)23-11-12-26(30)25(29)17-23)24-5-3-4-6-27(24)32(19)18-20-7-9-22(35-2)10-8-20/h3-13,17H,14-16,18H2,1-2H3. The summed E-state index contributed by atoms with van der Waals surface area (Å²) in [6.45, 7) is 3.41. The third-order valence-corrected chi connectivity index (χ3v) is 8.90. The molecule has 5 nitrogen and oxygen atoms in total. The van der Waals surface area contributed by atoms with E-state index in [-0.39, 0.29) is 16.5 Å². The largest absolute Gasteiger partial charge is 0.497 e. The Balaban J connectivity index is 1.47. The van der Waals surface area contributed by atoms with Crippen LogP contribution in [0.25, 0.3) is 16.5 Å². The Bertz CT molecular complexity index is 1580. The molecular weight excluding hydrogens is 499 g/mol. The summed E-state index contributed by atoms with van der Waals surface area (Å²) < 4.78 is 48.8. The first-order valence-corrected chi connectivity index (χ1v) is 13.5. The summed E-state index contributed by atoms with van der Waals surface area (Å²) in [5.41, 5.74) is 5.72. The summed E-state index contributed by atoms with van der Waals surface area (Å²) >= 11 is 5.83. The quantitative estimate of drug-likeness (QED) is 0.298. The van der Waals surface area contributed by atoms with Crippen LogP contribution in [0.2, 0.25) is 5.02 Å². The molecule has 4 aromatic rings. The molecule has 0 unspecified atom stereocenters. The normalized spacial score (nSPS) is 14.7. The minimum atomic E-state index is -3.78. The summed E-state index contributed by atoms with van der Waals surface area (Å²) in [6.07, 6.45) is 2.56. The zero-order valence-corrected chi connectivity index (χ0v) is 21.6. The smallest absolute Gasteiger partial charge is 0.243 e. The van der Waals surface area contributed by atoms with Crippen molar-refractivity contribution in [2.24, 2.45) is 0 Å². The second-order valence-electron chi connectivity index (χ2n) is 8.83. The van der Waals surface area contributed by atoms with Crippen molar-refractivity contribution in [2.75, 3.05) is 20.2 Å². The lowest BCUT2D eigenvalue weighted by molar-refractivity contribution is 0.414. The molecule has 8 heteroatoms. The van der Waals surface area contributed by atoms with Crippen LogP contribution in [-0.2, 0) is 16.6 Å². The van der Waals surface area contributed by atoms with E-state index in [4.69, 9.17) is 16.3 Å². The molecule has 0 atom stereocenters. The Hall–Kier alpha value is -3.13. The summed E-state index contributed by atoms with van der Waals surface area (Å²) in [4.78, 5) is -0.00183. The zero-order chi connectivity index (χ0) is 25.4. The van der Waals surface area contributed by atoms with Gasteiger partial charge in [0.05, 0.1) is 17.0 Å². The van der Waals surface area contributed by atoms with Crippen LogP contribution in [0.15, 0.2) is 77.7 Å². The second-order valence-corrected chi connectivity index (χ2v) is 11.2. The van der Waals surface area contributed by atoms with Crippen LogP contribution < -0.4 is 4.74 Å². The fourth-order valence-electron chi connectivity index (χ4n) is 4.84. The number of methoxy groups -OCH3 is 1. The minimum absolute atomic E-state index is 0.00183. The van der Waals surface area contributed by atoms with E-state index in [1.54, 1.807) is 7.11 Å². The predicted molar refractivity (Wildman–Crippen MR) is 142 cm³/mol. The number of aromatic nitrogens is 1. The highest BCUT2D eigenvalue weighted by molar-refractivity contribution is 7.89. The molecule has 1 aromatic heterocycles. The fraction of sp³-hybridized carbons (Fsp3) is 0.214. The maximum atomic E-state index is 13.5. The molecule has 0 saturated carbocycles. The number of fused-ring (bicyclic) bond motifs is 1. The lowest BCUT2D eigenvalue weighted by Crippen LogP contribution is -2.34. The Labute approximate surface area is 215 Å². The van der Waals surface area contributed by atoms with E-state index < -0.39 is 15.8 Å². The highest BCUT2D eigenvalue weighted by atomic mass is 35.5. The van der Waals surface area contributed by atoms with E-state index in [1.807, 2.05) is 30.3 Å². The molecule has 0 N–H and O–H groups in total. The molecule has 186 valence electrons. The van der Waals surface area contributed by atoms with Gasteiger partial charge in [-0.1, -0.05) is 48.0 Å². The molecule has 0 amide bonds. The van der Waals surface area contributed by atoms with Gasteiger partial charge >= 0.3 is 0 Å². The molecule has 0 saturated heterocycles. The Morgan fingerprint density at radius 1 is 1.06 bits per heavy atom. The van der Waals surface area contributed by atoms with Crippen LogP contribution >= 0.6 is 11.6 Å². The number of benzene rings is 3. The Kier molecular flexibility index (Phi) is 6.64. The van der Waals surface area contributed by atoms with E-state index in [0.29, 0.717) is 13.0 Å². The molecule has 0 radical (unpaired) electrons. The number of ether oxygens (including phenoxy) is 1. The number of sulfonamides is 1. The Morgan fingerprint density at radius 2 is 1.81 bits per heavy atom. The van der Waals surface area contributed by atoms with E-state index in [2.05, 4.69) is 35.8 Å². The van der Waals surface area contributed by atoms with E-state index in [0.717, 1.165) is 46.1 Å². The van der Waals surface area contributed by atoms with E-state index >= 15 is 0 Å². The predicted octanol–water partition coefficient (Wildman–Crippen LogP) is 6.28. The highest BCUT2D eigenvalue weighted by Crippen LogP contribution is 2.36. The average Bonchev–Trinajstić information content (AvgIpc) is 3.17. The van der Waals surface area contributed by atoms with Crippen molar-refractivity contribution in [1.82, 2.24) is 8.87 Å². The molecule has 0 bridgehead atoms.